The van der Waals surface area contributed by atoms with Crippen molar-refractivity contribution in [1.82, 2.24) is 5.32 Å². The second kappa shape index (κ2) is 7.96. The third-order valence-corrected chi connectivity index (χ3v) is 3.21. The van der Waals surface area contributed by atoms with Gasteiger partial charge in [-0.15, -0.1) is 0 Å². The summed E-state index contributed by atoms with van der Waals surface area (Å²) in [6.45, 7) is 4.55. The third-order valence-electron chi connectivity index (χ3n) is 3.21. The number of hydrogen-bond acceptors (Lipinski definition) is 3. The van der Waals surface area contributed by atoms with Crippen molar-refractivity contribution in [1.29, 1.82) is 0 Å². The Bertz CT molecular complexity index is 686. The van der Waals surface area contributed by atoms with Crippen molar-refractivity contribution in [2.75, 3.05) is 13.2 Å². The fourth-order valence-electron chi connectivity index (χ4n) is 2.19. The maximum absolute atomic E-state index is 12.3. The van der Waals surface area contributed by atoms with E-state index in [0.29, 0.717) is 41.7 Å². The van der Waals surface area contributed by atoms with Crippen LogP contribution in [0.1, 0.15) is 30.6 Å². The van der Waals surface area contributed by atoms with Gasteiger partial charge in [-0.3, -0.25) is 4.79 Å². The van der Waals surface area contributed by atoms with Crippen LogP contribution >= 0.6 is 0 Å². The number of carbonyl (C=O) groups is 1. The van der Waals surface area contributed by atoms with E-state index >= 15 is 0 Å². The minimum atomic E-state index is -0.241. The number of amides is 1. The lowest BCUT2D eigenvalue weighted by molar-refractivity contribution is -0.0135. The van der Waals surface area contributed by atoms with E-state index in [1.807, 2.05) is 19.9 Å². The first-order valence-electron chi connectivity index (χ1n) is 7.47. The summed E-state index contributed by atoms with van der Waals surface area (Å²) in [5, 5.41) is 2.83. The number of rotatable bonds is 6. The fraction of sp³-hybridized carbons (Fsp3) is 0.294. The van der Waals surface area contributed by atoms with Gasteiger partial charge >= 0.3 is 5.71 Å². The van der Waals surface area contributed by atoms with Crippen LogP contribution in [0.2, 0.25) is 0 Å². The van der Waals surface area contributed by atoms with Crippen LogP contribution < -0.4 is 5.32 Å². The largest absolute Gasteiger partial charge is 0.495 e. The van der Waals surface area contributed by atoms with Crippen LogP contribution in [0.25, 0.3) is 5.53 Å². The maximum Gasteiger partial charge on any atom is 0.341 e. The Morgan fingerprint density at radius 1 is 1.22 bits per heavy atom. The minimum absolute atomic E-state index is 0.241. The molecule has 1 aromatic rings. The number of ether oxygens (including phenoxy) is 2. The number of nitrogens with one attached hydrogen (secondary N) is 1. The predicted octanol–water partition coefficient (Wildman–Crippen LogP) is 2.66. The van der Waals surface area contributed by atoms with Crippen LogP contribution in [0.4, 0.5) is 0 Å². The minimum Gasteiger partial charge on any atom is -0.495 e. The zero-order valence-electron chi connectivity index (χ0n) is 13.2. The molecule has 0 fully saturated rings. The van der Waals surface area contributed by atoms with Gasteiger partial charge in [0.05, 0.1) is 18.9 Å². The van der Waals surface area contributed by atoms with Crippen molar-refractivity contribution < 1.29 is 19.1 Å². The predicted molar refractivity (Wildman–Crippen MR) is 85.5 cm³/mol. The molecule has 1 aliphatic carbocycles. The lowest BCUT2D eigenvalue weighted by Crippen LogP contribution is -2.28. The SMILES string of the molecule is CCOC1=CC(NC(=O)c2ccccc2)=C(OCC)CC1=[N+]=[N-]. The molecule has 0 bridgehead atoms. The topological polar surface area (TPSA) is 84.0 Å². The first-order valence-corrected chi connectivity index (χ1v) is 7.47. The van der Waals surface area contributed by atoms with E-state index in [4.69, 9.17) is 15.0 Å². The van der Waals surface area contributed by atoms with Gasteiger partial charge in [0, 0.05) is 11.6 Å². The smallest absolute Gasteiger partial charge is 0.341 e. The maximum atomic E-state index is 12.3. The van der Waals surface area contributed by atoms with Crippen LogP contribution in [-0.2, 0) is 9.47 Å². The van der Waals surface area contributed by atoms with Gasteiger partial charge in [0.1, 0.15) is 12.2 Å². The highest BCUT2D eigenvalue weighted by atomic mass is 16.5. The third kappa shape index (κ3) is 4.08. The second-order valence-electron chi connectivity index (χ2n) is 4.76. The van der Waals surface area contributed by atoms with E-state index < -0.39 is 0 Å². The van der Waals surface area contributed by atoms with Gasteiger partial charge < -0.3 is 20.3 Å². The Hall–Kier alpha value is -2.85. The molecule has 1 aliphatic rings. The van der Waals surface area contributed by atoms with Crippen molar-refractivity contribution >= 4 is 11.6 Å². The molecule has 0 heterocycles. The quantitative estimate of drug-likeness (QED) is 0.647. The average Bonchev–Trinajstić information content (AvgIpc) is 2.58. The lowest BCUT2D eigenvalue weighted by Gasteiger charge is -2.18. The Morgan fingerprint density at radius 2 is 1.91 bits per heavy atom. The van der Waals surface area contributed by atoms with Crippen LogP contribution in [0.3, 0.4) is 0 Å². The number of nitrogens with zero attached hydrogens (tertiary/aromatic N) is 2. The lowest BCUT2D eigenvalue weighted by atomic mass is 10.1. The van der Waals surface area contributed by atoms with Gasteiger partial charge in [-0.1, -0.05) is 18.2 Å². The van der Waals surface area contributed by atoms with E-state index in [1.54, 1.807) is 30.3 Å². The van der Waals surface area contributed by atoms with Crippen LogP contribution in [0.5, 0.6) is 0 Å². The second-order valence-corrected chi connectivity index (χ2v) is 4.76. The van der Waals surface area contributed by atoms with E-state index in [2.05, 4.69) is 10.1 Å². The first kappa shape index (κ1) is 16.5. The molecule has 0 unspecified atom stereocenters. The van der Waals surface area contributed by atoms with E-state index in [1.165, 1.54) is 0 Å². The summed E-state index contributed by atoms with van der Waals surface area (Å²) in [6.07, 6.45) is 1.87. The van der Waals surface area contributed by atoms with Gasteiger partial charge in [-0.05, 0) is 26.0 Å². The number of allylic oxidation sites excluding steroid dienone is 3. The van der Waals surface area contributed by atoms with Crippen molar-refractivity contribution in [2.24, 2.45) is 0 Å². The molecular formula is C17H19N3O3. The molecule has 0 radical (unpaired) electrons. The van der Waals surface area contributed by atoms with Crippen molar-refractivity contribution in [3.05, 3.63) is 64.7 Å². The van der Waals surface area contributed by atoms with E-state index in [-0.39, 0.29) is 12.3 Å². The highest BCUT2D eigenvalue weighted by molar-refractivity contribution is 5.99. The van der Waals surface area contributed by atoms with Crippen LogP contribution in [-0.4, -0.2) is 29.6 Å². The Kier molecular flexibility index (Phi) is 5.72. The molecule has 23 heavy (non-hydrogen) atoms. The average molecular weight is 313 g/mol. The summed E-state index contributed by atoms with van der Waals surface area (Å²) in [4.78, 5) is 15.6. The molecule has 120 valence electrons. The summed E-state index contributed by atoms with van der Waals surface area (Å²) in [5.74, 6) is 0.712. The summed E-state index contributed by atoms with van der Waals surface area (Å²) >= 11 is 0. The Labute approximate surface area is 135 Å². The molecular weight excluding hydrogens is 294 g/mol. The fourth-order valence-corrected chi connectivity index (χ4v) is 2.19. The number of carbonyl (C=O) groups excluding carboxylic acids is 1. The summed E-state index contributed by atoms with van der Waals surface area (Å²) < 4.78 is 11.0. The van der Waals surface area contributed by atoms with Crippen molar-refractivity contribution in [2.45, 2.75) is 20.3 Å². The normalized spacial score (nSPS) is 14.0. The zero-order valence-corrected chi connectivity index (χ0v) is 13.2. The summed E-state index contributed by atoms with van der Waals surface area (Å²) in [7, 11) is 0. The molecule has 1 amide bonds. The molecule has 0 aromatic heterocycles. The van der Waals surface area contributed by atoms with E-state index in [0.717, 1.165) is 0 Å². The number of benzene rings is 1. The highest BCUT2D eigenvalue weighted by Crippen LogP contribution is 2.22. The van der Waals surface area contributed by atoms with Gasteiger partial charge in [-0.25, -0.2) is 0 Å². The summed E-state index contributed by atoms with van der Waals surface area (Å²) in [6, 6.07) is 8.90. The molecule has 0 saturated carbocycles. The number of hydrogen-bond donors (Lipinski definition) is 1. The molecule has 6 heteroatoms. The zero-order chi connectivity index (χ0) is 16.7. The Morgan fingerprint density at radius 3 is 2.52 bits per heavy atom. The van der Waals surface area contributed by atoms with E-state index in [9.17, 15) is 4.79 Å². The van der Waals surface area contributed by atoms with Crippen molar-refractivity contribution in [3.63, 3.8) is 0 Å². The first-order chi connectivity index (χ1) is 11.2. The molecule has 0 spiro atoms. The standard InChI is InChI=1S/C17H19N3O3/c1-3-22-15-11-14(20-18)16(23-4-2)10-13(15)19-17(21)12-8-6-5-7-9-12/h5-10H,3-4,11H2,1-2H3,(H,19,21). The molecule has 0 saturated heterocycles. The van der Waals surface area contributed by atoms with Gasteiger partial charge in [0.25, 0.3) is 5.91 Å². The van der Waals surface area contributed by atoms with Gasteiger partial charge in [0.15, 0.2) is 0 Å². The molecule has 0 atom stereocenters. The van der Waals surface area contributed by atoms with Crippen LogP contribution in [0.15, 0.2) is 53.6 Å². The Balaban J connectivity index is 2.31. The van der Waals surface area contributed by atoms with Gasteiger partial charge in [0.2, 0.25) is 5.76 Å². The molecule has 2 rings (SSSR count). The molecule has 0 aliphatic heterocycles. The van der Waals surface area contributed by atoms with Gasteiger partial charge in [-0.2, -0.15) is 4.79 Å². The molecule has 6 nitrogen and oxygen atoms in total. The summed E-state index contributed by atoms with van der Waals surface area (Å²) in [5.41, 5.74) is 10.5. The molecule has 1 aromatic carbocycles. The monoisotopic (exact) mass is 313 g/mol. The highest BCUT2D eigenvalue weighted by Gasteiger charge is 2.28. The molecule has 1 N–H and O–H groups in total. The van der Waals surface area contributed by atoms with Crippen molar-refractivity contribution in [3.8, 4) is 0 Å². The van der Waals surface area contributed by atoms with Crippen LogP contribution in [0, 0.1) is 0 Å².